The summed E-state index contributed by atoms with van der Waals surface area (Å²) in [5, 5.41) is 5.29. The molecule has 2 aromatic carbocycles. The third kappa shape index (κ3) is 6.37. The fourth-order valence-electron chi connectivity index (χ4n) is 3.46. The largest absolute Gasteiger partial charge is 0.347 e. The Hall–Kier alpha value is -2.77. The second-order valence-electron chi connectivity index (χ2n) is 7.47. The minimum absolute atomic E-state index is 0.165. The molecule has 7 heteroatoms. The summed E-state index contributed by atoms with van der Waals surface area (Å²) in [4.78, 5) is 28.5. The molecule has 0 bridgehead atoms. The van der Waals surface area contributed by atoms with Gasteiger partial charge >= 0.3 is 11.8 Å². The van der Waals surface area contributed by atoms with E-state index in [1.165, 1.54) is 11.6 Å². The van der Waals surface area contributed by atoms with Gasteiger partial charge in [-0.05, 0) is 30.2 Å². The molecule has 1 aliphatic rings. The van der Waals surface area contributed by atoms with E-state index in [9.17, 15) is 14.0 Å². The van der Waals surface area contributed by atoms with E-state index in [4.69, 9.17) is 0 Å². The Labute approximate surface area is 177 Å². The van der Waals surface area contributed by atoms with Crippen LogP contribution in [0.5, 0.6) is 0 Å². The molecular formula is C23H29FN4O2. The second kappa shape index (κ2) is 10.8. The van der Waals surface area contributed by atoms with Crippen molar-refractivity contribution in [2.24, 2.45) is 0 Å². The summed E-state index contributed by atoms with van der Waals surface area (Å²) in [7, 11) is 0. The number of nitrogens with one attached hydrogen (secondary N) is 2. The monoisotopic (exact) mass is 412 g/mol. The standard InChI is InChI=1S/C23H29FN4O2/c1-2-18-7-9-20(10-8-18)26-23(30)22(29)25-11-12-27-13-15-28(16-14-27)17-19-5-3-4-6-21(19)24/h3-10H,2,11-17H2,1H3,(H,25,29)(H,26,30). The highest BCUT2D eigenvalue weighted by molar-refractivity contribution is 6.39. The Morgan fingerprint density at radius 1 is 0.933 bits per heavy atom. The first-order valence-corrected chi connectivity index (χ1v) is 10.4. The van der Waals surface area contributed by atoms with Crippen LogP contribution >= 0.6 is 0 Å². The SMILES string of the molecule is CCc1ccc(NC(=O)C(=O)NCCN2CCN(Cc3ccccc3F)CC2)cc1. The number of hydrogen-bond acceptors (Lipinski definition) is 4. The lowest BCUT2D eigenvalue weighted by atomic mass is 10.1. The first-order chi connectivity index (χ1) is 14.5. The van der Waals surface area contributed by atoms with Crippen molar-refractivity contribution in [3.63, 3.8) is 0 Å². The lowest BCUT2D eigenvalue weighted by Crippen LogP contribution is -2.48. The number of rotatable bonds is 7. The lowest BCUT2D eigenvalue weighted by molar-refractivity contribution is -0.136. The van der Waals surface area contributed by atoms with Crippen LogP contribution in [0.15, 0.2) is 48.5 Å². The quantitative estimate of drug-likeness (QED) is 0.685. The zero-order chi connectivity index (χ0) is 21.3. The number of hydrogen-bond donors (Lipinski definition) is 2. The van der Waals surface area contributed by atoms with E-state index in [-0.39, 0.29) is 5.82 Å². The van der Waals surface area contributed by atoms with E-state index in [1.807, 2.05) is 24.3 Å². The number of nitrogens with zero attached hydrogens (tertiary/aromatic N) is 2. The van der Waals surface area contributed by atoms with Crippen LogP contribution in [0.1, 0.15) is 18.1 Å². The normalized spacial score (nSPS) is 15.0. The molecule has 2 N–H and O–H groups in total. The van der Waals surface area contributed by atoms with Crippen molar-refractivity contribution in [1.82, 2.24) is 15.1 Å². The zero-order valence-corrected chi connectivity index (χ0v) is 17.4. The van der Waals surface area contributed by atoms with Gasteiger partial charge in [-0.15, -0.1) is 0 Å². The number of aryl methyl sites for hydroxylation is 1. The lowest BCUT2D eigenvalue weighted by Gasteiger charge is -2.34. The maximum absolute atomic E-state index is 13.8. The molecule has 0 spiro atoms. The topological polar surface area (TPSA) is 64.7 Å². The molecule has 1 fully saturated rings. The predicted octanol–water partition coefficient (Wildman–Crippen LogP) is 2.26. The highest BCUT2D eigenvalue weighted by Gasteiger charge is 2.19. The van der Waals surface area contributed by atoms with Crippen LogP contribution in [-0.4, -0.2) is 60.9 Å². The minimum Gasteiger partial charge on any atom is -0.347 e. The van der Waals surface area contributed by atoms with E-state index in [1.54, 1.807) is 18.2 Å². The van der Waals surface area contributed by atoms with Gasteiger partial charge in [0.25, 0.3) is 0 Å². The summed E-state index contributed by atoms with van der Waals surface area (Å²) in [5.74, 6) is -1.45. The van der Waals surface area contributed by atoms with Gasteiger partial charge < -0.3 is 10.6 Å². The van der Waals surface area contributed by atoms with Gasteiger partial charge in [-0.2, -0.15) is 0 Å². The van der Waals surface area contributed by atoms with Crippen LogP contribution < -0.4 is 10.6 Å². The van der Waals surface area contributed by atoms with Gasteiger partial charge in [-0.1, -0.05) is 37.3 Å². The molecule has 0 aromatic heterocycles. The van der Waals surface area contributed by atoms with E-state index in [0.29, 0.717) is 30.9 Å². The Bertz CT molecular complexity index is 849. The number of carbonyl (C=O) groups is 2. The summed E-state index contributed by atoms with van der Waals surface area (Å²) in [5.41, 5.74) is 2.50. The van der Waals surface area contributed by atoms with Crippen molar-refractivity contribution in [3.8, 4) is 0 Å². The zero-order valence-electron chi connectivity index (χ0n) is 17.4. The minimum atomic E-state index is -0.658. The van der Waals surface area contributed by atoms with Crippen molar-refractivity contribution < 1.29 is 14.0 Å². The molecule has 1 aliphatic heterocycles. The molecule has 0 unspecified atom stereocenters. The maximum atomic E-state index is 13.8. The number of piperazine rings is 1. The van der Waals surface area contributed by atoms with Crippen LogP contribution in [0.4, 0.5) is 10.1 Å². The van der Waals surface area contributed by atoms with Gasteiger partial charge in [-0.3, -0.25) is 19.4 Å². The highest BCUT2D eigenvalue weighted by atomic mass is 19.1. The second-order valence-corrected chi connectivity index (χ2v) is 7.47. The Kier molecular flexibility index (Phi) is 7.93. The van der Waals surface area contributed by atoms with Crippen LogP contribution in [0.2, 0.25) is 0 Å². The Balaban J connectivity index is 1.33. The molecule has 30 heavy (non-hydrogen) atoms. The number of halogens is 1. The number of amides is 2. The van der Waals surface area contributed by atoms with Crippen molar-refractivity contribution in [3.05, 3.63) is 65.5 Å². The molecule has 0 atom stereocenters. The van der Waals surface area contributed by atoms with Gasteiger partial charge in [0.1, 0.15) is 5.82 Å². The summed E-state index contributed by atoms with van der Waals surface area (Å²) in [6, 6.07) is 14.3. The summed E-state index contributed by atoms with van der Waals surface area (Å²) < 4.78 is 13.8. The molecule has 0 radical (unpaired) electrons. The first-order valence-electron chi connectivity index (χ1n) is 10.4. The van der Waals surface area contributed by atoms with Crippen molar-refractivity contribution in [2.75, 3.05) is 44.6 Å². The molecule has 2 amide bonds. The third-order valence-corrected chi connectivity index (χ3v) is 5.36. The van der Waals surface area contributed by atoms with Crippen molar-refractivity contribution >= 4 is 17.5 Å². The van der Waals surface area contributed by atoms with Crippen LogP contribution in [0, 0.1) is 5.82 Å². The van der Waals surface area contributed by atoms with Crippen LogP contribution in [0.3, 0.4) is 0 Å². The molecule has 3 rings (SSSR count). The summed E-state index contributed by atoms with van der Waals surface area (Å²) >= 11 is 0. The van der Waals surface area contributed by atoms with Gasteiger partial charge in [-0.25, -0.2) is 4.39 Å². The fourth-order valence-corrected chi connectivity index (χ4v) is 3.46. The molecule has 1 heterocycles. The smallest absolute Gasteiger partial charge is 0.313 e. The Morgan fingerprint density at radius 2 is 1.60 bits per heavy atom. The van der Waals surface area contributed by atoms with Crippen LogP contribution in [-0.2, 0) is 22.6 Å². The molecule has 1 saturated heterocycles. The van der Waals surface area contributed by atoms with Gasteiger partial charge in [0.15, 0.2) is 0 Å². The number of benzene rings is 2. The summed E-state index contributed by atoms with van der Waals surface area (Å²) in [6.07, 6.45) is 0.923. The maximum Gasteiger partial charge on any atom is 0.313 e. The van der Waals surface area contributed by atoms with E-state index in [0.717, 1.165) is 32.6 Å². The van der Waals surface area contributed by atoms with Crippen LogP contribution in [0.25, 0.3) is 0 Å². The van der Waals surface area contributed by atoms with Gasteiger partial charge in [0.2, 0.25) is 0 Å². The molecule has 0 saturated carbocycles. The van der Waals surface area contributed by atoms with E-state index in [2.05, 4.69) is 27.4 Å². The molecule has 160 valence electrons. The number of anilines is 1. The fraction of sp³-hybridized carbons (Fsp3) is 0.391. The van der Waals surface area contributed by atoms with Gasteiger partial charge in [0.05, 0.1) is 0 Å². The molecule has 2 aromatic rings. The van der Waals surface area contributed by atoms with Crippen molar-refractivity contribution in [2.45, 2.75) is 19.9 Å². The number of carbonyl (C=O) groups excluding carboxylic acids is 2. The van der Waals surface area contributed by atoms with E-state index >= 15 is 0 Å². The first kappa shape index (κ1) is 21.9. The summed E-state index contributed by atoms with van der Waals surface area (Å²) in [6.45, 7) is 7.14. The van der Waals surface area contributed by atoms with Gasteiger partial charge in [0, 0.05) is 57.1 Å². The predicted molar refractivity (Wildman–Crippen MR) is 116 cm³/mol. The third-order valence-electron chi connectivity index (χ3n) is 5.36. The average Bonchev–Trinajstić information content (AvgIpc) is 2.77. The molecule has 6 nitrogen and oxygen atoms in total. The highest BCUT2D eigenvalue weighted by Crippen LogP contribution is 2.12. The molecular weight excluding hydrogens is 383 g/mol. The van der Waals surface area contributed by atoms with Crippen molar-refractivity contribution in [1.29, 1.82) is 0 Å². The molecule has 0 aliphatic carbocycles. The average molecular weight is 413 g/mol. The Morgan fingerprint density at radius 3 is 2.27 bits per heavy atom. The van der Waals surface area contributed by atoms with E-state index < -0.39 is 11.8 Å².